The molecule has 0 bridgehead atoms. The minimum atomic E-state index is -0.814. The van der Waals surface area contributed by atoms with Crippen LogP contribution in [0.1, 0.15) is 26.2 Å². The molecule has 1 aliphatic rings. The molecule has 1 fully saturated rings. The molecule has 1 unspecified atom stereocenters. The molecule has 0 saturated carbocycles. The van der Waals surface area contributed by atoms with Crippen molar-refractivity contribution in [3.05, 3.63) is 29.3 Å². The van der Waals surface area contributed by atoms with Crippen molar-refractivity contribution < 1.29 is 14.7 Å². The molecule has 2 amide bonds. The van der Waals surface area contributed by atoms with E-state index >= 15 is 0 Å². The highest BCUT2D eigenvalue weighted by Crippen LogP contribution is 2.35. The number of aliphatic carboxylic acids is 1. The molecular formula is C15H19ClN2O3. The number of likely N-dealkylation sites (tertiary alicyclic amines) is 1. The van der Waals surface area contributed by atoms with Crippen molar-refractivity contribution >= 4 is 29.3 Å². The average Bonchev–Trinajstić information content (AvgIpc) is 2.88. The van der Waals surface area contributed by atoms with E-state index in [4.69, 9.17) is 11.6 Å². The van der Waals surface area contributed by atoms with E-state index in [2.05, 4.69) is 5.32 Å². The number of anilines is 1. The van der Waals surface area contributed by atoms with E-state index in [-0.39, 0.29) is 12.6 Å². The Hall–Kier alpha value is -1.75. The molecule has 0 aliphatic carbocycles. The number of carbonyl (C=O) groups excluding carboxylic acids is 1. The molecule has 114 valence electrons. The first-order valence-electron chi connectivity index (χ1n) is 7.02. The minimum Gasteiger partial charge on any atom is -0.481 e. The van der Waals surface area contributed by atoms with Gasteiger partial charge in [-0.3, -0.25) is 4.79 Å². The summed E-state index contributed by atoms with van der Waals surface area (Å²) in [7, 11) is 0. The number of urea groups is 1. The SMILES string of the molecule is CCCC1(C(=O)O)CCN(C(=O)Nc2ccc(Cl)cc2)C1. The van der Waals surface area contributed by atoms with Crippen LogP contribution in [-0.2, 0) is 4.79 Å². The number of benzene rings is 1. The minimum absolute atomic E-state index is 0.260. The zero-order valence-corrected chi connectivity index (χ0v) is 12.7. The summed E-state index contributed by atoms with van der Waals surface area (Å²) in [5.41, 5.74) is -0.153. The lowest BCUT2D eigenvalue weighted by Crippen LogP contribution is -2.38. The molecule has 1 saturated heterocycles. The summed E-state index contributed by atoms with van der Waals surface area (Å²) in [5.74, 6) is -0.814. The lowest BCUT2D eigenvalue weighted by atomic mass is 9.83. The number of hydrogen-bond acceptors (Lipinski definition) is 2. The third-order valence-corrected chi connectivity index (χ3v) is 4.17. The number of nitrogens with zero attached hydrogens (tertiary/aromatic N) is 1. The molecule has 1 atom stereocenters. The van der Waals surface area contributed by atoms with Gasteiger partial charge in [0.2, 0.25) is 0 Å². The van der Waals surface area contributed by atoms with Crippen molar-refractivity contribution in [2.24, 2.45) is 5.41 Å². The summed E-state index contributed by atoms with van der Waals surface area (Å²) in [4.78, 5) is 25.3. The highest BCUT2D eigenvalue weighted by Gasteiger charge is 2.45. The second-order valence-corrected chi connectivity index (χ2v) is 5.88. The van der Waals surface area contributed by atoms with Crippen LogP contribution in [0.4, 0.5) is 10.5 Å². The van der Waals surface area contributed by atoms with Crippen molar-refractivity contribution in [1.82, 2.24) is 4.90 Å². The first kappa shape index (κ1) is 15.6. The predicted molar refractivity (Wildman–Crippen MR) is 81.6 cm³/mol. The molecule has 1 aromatic carbocycles. The number of amides is 2. The van der Waals surface area contributed by atoms with Crippen LogP contribution in [0.2, 0.25) is 5.02 Å². The summed E-state index contributed by atoms with van der Waals surface area (Å²) in [6.45, 7) is 2.68. The van der Waals surface area contributed by atoms with E-state index in [1.807, 2.05) is 6.92 Å². The smallest absolute Gasteiger partial charge is 0.321 e. The van der Waals surface area contributed by atoms with Crippen LogP contribution in [-0.4, -0.2) is 35.1 Å². The summed E-state index contributed by atoms with van der Waals surface area (Å²) in [5, 5.41) is 12.8. The van der Waals surface area contributed by atoms with Gasteiger partial charge in [0.15, 0.2) is 0 Å². The van der Waals surface area contributed by atoms with E-state index in [0.29, 0.717) is 30.1 Å². The van der Waals surface area contributed by atoms with Gasteiger partial charge < -0.3 is 15.3 Å². The monoisotopic (exact) mass is 310 g/mol. The van der Waals surface area contributed by atoms with Gasteiger partial charge in [0.05, 0.1) is 5.41 Å². The van der Waals surface area contributed by atoms with Crippen molar-refractivity contribution in [3.8, 4) is 0 Å². The van der Waals surface area contributed by atoms with Gasteiger partial charge in [-0.1, -0.05) is 24.9 Å². The van der Waals surface area contributed by atoms with Gasteiger partial charge in [0, 0.05) is 23.8 Å². The third-order valence-electron chi connectivity index (χ3n) is 3.92. The Kier molecular flexibility index (Phi) is 4.73. The van der Waals surface area contributed by atoms with Gasteiger partial charge in [-0.25, -0.2) is 4.79 Å². The number of nitrogens with one attached hydrogen (secondary N) is 1. The number of carboxylic acid groups (broad SMARTS) is 1. The van der Waals surface area contributed by atoms with Crippen LogP contribution in [0.25, 0.3) is 0 Å². The van der Waals surface area contributed by atoms with E-state index in [0.717, 1.165) is 6.42 Å². The molecule has 2 N–H and O–H groups in total. The van der Waals surface area contributed by atoms with Gasteiger partial charge in [-0.15, -0.1) is 0 Å². The number of halogens is 1. The first-order chi connectivity index (χ1) is 9.97. The van der Waals surface area contributed by atoms with Gasteiger partial charge >= 0.3 is 12.0 Å². The first-order valence-corrected chi connectivity index (χ1v) is 7.39. The number of carbonyl (C=O) groups is 2. The maximum Gasteiger partial charge on any atom is 0.321 e. The lowest BCUT2D eigenvalue weighted by molar-refractivity contribution is -0.148. The molecule has 6 heteroatoms. The van der Waals surface area contributed by atoms with Crippen molar-refractivity contribution in [2.45, 2.75) is 26.2 Å². The van der Waals surface area contributed by atoms with Crippen LogP contribution in [0.3, 0.4) is 0 Å². The van der Waals surface area contributed by atoms with E-state index in [1.165, 1.54) is 0 Å². The van der Waals surface area contributed by atoms with Crippen LogP contribution in [0.5, 0.6) is 0 Å². The van der Waals surface area contributed by atoms with Gasteiger partial charge in [0.1, 0.15) is 0 Å². The predicted octanol–water partition coefficient (Wildman–Crippen LogP) is 3.45. The molecule has 21 heavy (non-hydrogen) atoms. The Morgan fingerprint density at radius 2 is 2.05 bits per heavy atom. The summed E-state index contributed by atoms with van der Waals surface area (Å²) in [6, 6.07) is 6.55. The number of hydrogen-bond donors (Lipinski definition) is 2. The Balaban J connectivity index is 2.01. The van der Waals surface area contributed by atoms with Gasteiger partial charge in [0.25, 0.3) is 0 Å². The molecule has 1 aliphatic heterocycles. The molecule has 0 radical (unpaired) electrons. The molecular weight excluding hydrogens is 292 g/mol. The number of carboxylic acids is 1. The Labute approximate surface area is 128 Å². The summed E-state index contributed by atoms with van der Waals surface area (Å²) >= 11 is 5.79. The maximum atomic E-state index is 12.2. The van der Waals surface area contributed by atoms with Crippen LogP contribution in [0.15, 0.2) is 24.3 Å². The second kappa shape index (κ2) is 6.35. The van der Waals surface area contributed by atoms with Crippen LogP contribution >= 0.6 is 11.6 Å². The van der Waals surface area contributed by atoms with Crippen LogP contribution in [0, 0.1) is 5.41 Å². The highest BCUT2D eigenvalue weighted by atomic mass is 35.5. The van der Waals surface area contributed by atoms with Crippen molar-refractivity contribution in [1.29, 1.82) is 0 Å². The largest absolute Gasteiger partial charge is 0.481 e. The maximum absolute atomic E-state index is 12.2. The van der Waals surface area contributed by atoms with E-state index < -0.39 is 11.4 Å². The number of rotatable bonds is 4. The molecule has 5 nitrogen and oxygen atoms in total. The summed E-state index contributed by atoms with van der Waals surface area (Å²) < 4.78 is 0. The zero-order chi connectivity index (χ0) is 15.5. The van der Waals surface area contributed by atoms with Gasteiger partial charge in [-0.05, 0) is 37.1 Å². The highest BCUT2D eigenvalue weighted by molar-refractivity contribution is 6.30. The fourth-order valence-corrected chi connectivity index (χ4v) is 2.87. The Morgan fingerprint density at radius 1 is 1.38 bits per heavy atom. The topological polar surface area (TPSA) is 69.6 Å². The normalized spacial score (nSPS) is 21.3. The molecule has 0 aromatic heterocycles. The fraction of sp³-hybridized carbons (Fsp3) is 0.467. The molecule has 1 aromatic rings. The quantitative estimate of drug-likeness (QED) is 0.895. The van der Waals surface area contributed by atoms with Crippen molar-refractivity contribution in [2.75, 3.05) is 18.4 Å². The molecule has 2 rings (SSSR count). The van der Waals surface area contributed by atoms with Crippen molar-refractivity contribution in [3.63, 3.8) is 0 Å². The molecule has 0 spiro atoms. The molecule has 1 heterocycles. The van der Waals surface area contributed by atoms with Gasteiger partial charge in [-0.2, -0.15) is 0 Å². The fourth-order valence-electron chi connectivity index (χ4n) is 2.75. The standard InChI is InChI=1S/C15H19ClN2O3/c1-2-7-15(13(19)20)8-9-18(10-15)14(21)17-12-5-3-11(16)4-6-12/h3-6H,2,7-10H2,1H3,(H,17,21)(H,19,20). The third kappa shape index (κ3) is 3.47. The lowest BCUT2D eigenvalue weighted by Gasteiger charge is -2.24. The van der Waals surface area contributed by atoms with Crippen LogP contribution < -0.4 is 5.32 Å². The second-order valence-electron chi connectivity index (χ2n) is 5.44. The Morgan fingerprint density at radius 3 is 2.62 bits per heavy atom. The van der Waals surface area contributed by atoms with E-state index in [9.17, 15) is 14.7 Å². The zero-order valence-electron chi connectivity index (χ0n) is 11.9. The summed E-state index contributed by atoms with van der Waals surface area (Å²) in [6.07, 6.45) is 1.89. The average molecular weight is 311 g/mol. The Bertz CT molecular complexity index is 532. The van der Waals surface area contributed by atoms with E-state index in [1.54, 1.807) is 29.2 Å².